The summed E-state index contributed by atoms with van der Waals surface area (Å²) >= 11 is 0. The molecule has 1 saturated heterocycles. The maximum Gasteiger partial charge on any atom is 0.0770 e. The molecule has 1 heterocycles. The summed E-state index contributed by atoms with van der Waals surface area (Å²) in [5, 5.41) is 8.89. The molecule has 3 heteroatoms. The number of aliphatic carboxylic acids is 1. The maximum atomic E-state index is 8.89. The minimum Gasteiger partial charge on any atom is -0.550 e. The average molecular weight is 398 g/mol. The largest absolute Gasteiger partial charge is 0.550 e. The van der Waals surface area contributed by atoms with Gasteiger partial charge in [0.2, 0.25) is 0 Å². The predicted octanol–water partition coefficient (Wildman–Crippen LogP) is 5.07. The smallest absolute Gasteiger partial charge is 0.0770 e. The normalized spacial score (nSPS) is 14.5. The van der Waals surface area contributed by atoms with Crippen LogP contribution in [0.4, 0.5) is 0 Å². The van der Waals surface area contributed by atoms with Crippen LogP contribution in [0.5, 0.6) is 0 Å². The Hall–Kier alpha value is -0.570. The summed E-state index contributed by atoms with van der Waals surface area (Å²) in [4.78, 5) is 10.8. The monoisotopic (exact) mass is 397 g/mol. The Kier molecular flexibility index (Phi) is 22.3. The zero-order valence-electron chi connectivity index (χ0n) is 19.4. The second kappa shape index (κ2) is 22.7. The van der Waals surface area contributed by atoms with E-state index in [-0.39, 0.29) is 0 Å². The van der Waals surface area contributed by atoms with E-state index >= 15 is 0 Å². The van der Waals surface area contributed by atoms with Gasteiger partial charge >= 0.3 is 0 Å². The van der Waals surface area contributed by atoms with Gasteiger partial charge in [0.05, 0.1) is 19.6 Å². The molecule has 0 atom stereocenters. The summed E-state index contributed by atoms with van der Waals surface area (Å²) in [6, 6.07) is 0. The average Bonchev–Trinajstić information content (AvgIpc) is 2.68. The fraction of sp³-hybridized carbons (Fsp3) is 0.960. The summed E-state index contributed by atoms with van der Waals surface area (Å²) in [5.74, 6) is -1.08. The molecule has 0 unspecified atom stereocenters. The topological polar surface area (TPSA) is 44.6 Å². The molecule has 3 nitrogen and oxygen atoms in total. The molecule has 0 aromatic heterocycles. The van der Waals surface area contributed by atoms with Gasteiger partial charge in [-0.25, -0.2) is 0 Å². The number of carbonyl (C=O) groups is 1. The first-order chi connectivity index (χ1) is 13.7. The van der Waals surface area contributed by atoms with Gasteiger partial charge in [0.1, 0.15) is 0 Å². The number of carbonyl (C=O) groups excluding carboxylic acids is 1. The van der Waals surface area contributed by atoms with Gasteiger partial charge in [-0.3, -0.25) is 0 Å². The van der Waals surface area contributed by atoms with Crippen molar-refractivity contribution in [3.8, 4) is 0 Å². The van der Waals surface area contributed by atoms with E-state index in [0.717, 1.165) is 6.92 Å². The van der Waals surface area contributed by atoms with Crippen LogP contribution in [0.3, 0.4) is 0 Å². The zero-order valence-corrected chi connectivity index (χ0v) is 19.4. The SMILES string of the molecule is CC(=O)[O-].CCCCCCCCCCCCCCCCCC[NH+]1CCCCC1. The van der Waals surface area contributed by atoms with Crippen LogP contribution in [0, 0.1) is 0 Å². The molecule has 0 aromatic carbocycles. The number of unbranched alkanes of at least 4 members (excludes halogenated alkanes) is 15. The fourth-order valence-corrected chi connectivity index (χ4v) is 4.22. The first kappa shape index (κ1) is 27.4. The lowest BCUT2D eigenvalue weighted by molar-refractivity contribution is -0.905. The Morgan fingerprint density at radius 3 is 1.32 bits per heavy atom. The van der Waals surface area contributed by atoms with E-state index in [9.17, 15) is 0 Å². The lowest BCUT2D eigenvalue weighted by atomic mass is 10.0. The van der Waals surface area contributed by atoms with Crippen LogP contribution in [-0.2, 0) is 4.79 Å². The van der Waals surface area contributed by atoms with Gasteiger partial charge in [-0.2, -0.15) is 0 Å². The molecule has 28 heavy (non-hydrogen) atoms. The second-order valence-electron chi connectivity index (χ2n) is 8.86. The first-order valence-corrected chi connectivity index (χ1v) is 12.7. The molecular weight excluding hydrogens is 346 g/mol. The van der Waals surface area contributed by atoms with Gasteiger partial charge < -0.3 is 14.8 Å². The fourth-order valence-electron chi connectivity index (χ4n) is 4.22. The second-order valence-corrected chi connectivity index (χ2v) is 8.86. The van der Waals surface area contributed by atoms with Crippen molar-refractivity contribution in [2.45, 2.75) is 136 Å². The third-order valence-electron chi connectivity index (χ3n) is 5.94. The molecule has 1 aliphatic rings. The van der Waals surface area contributed by atoms with E-state index in [1.165, 1.54) is 142 Å². The summed E-state index contributed by atoms with van der Waals surface area (Å²) in [6.07, 6.45) is 28.1. The number of nitrogens with one attached hydrogen (secondary N) is 1. The number of likely N-dealkylation sites (tertiary alicyclic amines) is 1. The molecular formula is C25H51NO2. The minimum absolute atomic E-state index is 0.972. The highest BCUT2D eigenvalue weighted by molar-refractivity contribution is 5.60. The van der Waals surface area contributed by atoms with E-state index in [1.807, 2.05) is 4.90 Å². The van der Waals surface area contributed by atoms with E-state index in [2.05, 4.69) is 6.92 Å². The number of quaternary nitrogens is 1. The van der Waals surface area contributed by atoms with Gasteiger partial charge in [-0.05, 0) is 39.0 Å². The Morgan fingerprint density at radius 1 is 0.643 bits per heavy atom. The quantitative estimate of drug-likeness (QED) is 0.348. The van der Waals surface area contributed by atoms with Crippen molar-refractivity contribution >= 4 is 5.97 Å². The molecule has 0 aromatic rings. The van der Waals surface area contributed by atoms with Crippen molar-refractivity contribution in [3.05, 3.63) is 0 Å². The van der Waals surface area contributed by atoms with Crippen LogP contribution in [-0.4, -0.2) is 25.6 Å². The van der Waals surface area contributed by atoms with Crippen molar-refractivity contribution in [3.63, 3.8) is 0 Å². The predicted molar refractivity (Wildman–Crippen MR) is 120 cm³/mol. The Bertz CT molecular complexity index is 310. The minimum atomic E-state index is -1.08. The van der Waals surface area contributed by atoms with Crippen molar-refractivity contribution in [2.24, 2.45) is 0 Å². The van der Waals surface area contributed by atoms with E-state index < -0.39 is 5.97 Å². The highest BCUT2D eigenvalue weighted by atomic mass is 16.4. The Balaban J connectivity index is 0.00000165. The van der Waals surface area contributed by atoms with E-state index in [0.29, 0.717) is 0 Å². The number of hydrogen-bond acceptors (Lipinski definition) is 2. The molecule has 1 rings (SSSR count). The number of carboxylic acid groups (broad SMARTS) is 1. The van der Waals surface area contributed by atoms with Gasteiger partial charge in [0.25, 0.3) is 0 Å². The molecule has 0 amide bonds. The maximum absolute atomic E-state index is 8.89. The first-order valence-electron chi connectivity index (χ1n) is 12.7. The summed E-state index contributed by atoms with van der Waals surface area (Å²) in [7, 11) is 0. The van der Waals surface area contributed by atoms with Crippen molar-refractivity contribution in [2.75, 3.05) is 19.6 Å². The lowest BCUT2D eigenvalue weighted by Gasteiger charge is -2.23. The standard InChI is InChI=1S/C23H47N.C2H4O2/c1-2-3-4-5-6-7-8-9-10-11-12-13-14-15-16-18-21-24-22-19-17-20-23-24;1-2(3)4/h2-23H2,1H3;1H3,(H,3,4). The molecule has 0 saturated carbocycles. The molecule has 0 aliphatic carbocycles. The summed E-state index contributed by atoms with van der Waals surface area (Å²) in [6.45, 7) is 7.65. The van der Waals surface area contributed by atoms with Crippen LogP contribution in [0.25, 0.3) is 0 Å². The molecule has 1 aliphatic heterocycles. The van der Waals surface area contributed by atoms with Crippen molar-refractivity contribution < 1.29 is 14.8 Å². The molecule has 0 bridgehead atoms. The van der Waals surface area contributed by atoms with Crippen LogP contribution < -0.4 is 10.0 Å². The number of carboxylic acids is 1. The summed E-state index contributed by atoms with van der Waals surface area (Å²) < 4.78 is 0. The van der Waals surface area contributed by atoms with Gasteiger partial charge in [0, 0.05) is 5.97 Å². The number of hydrogen-bond donors (Lipinski definition) is 1. The summed E-state index contributed by atoms with van der Waals surface area (Å²) in [5.41, 5.74) is 0. The molecule has 0 spiro atoms. The van der Waals surface area contributed by atoms with E-state index in [1.54, 1.807) is 0 Å². The van der Waals surface area contributed by atoms with Crippen molar-refractivity contribution in [1.29, 1.82) is 0 Å². The molecule has 168 valence electrons. The molecule has 1 fully saturated rings. The van der Waals surface area contributed by atoms with Crippen LogP contribution in [0.15, 0.2) is 0 Å². The van der Waals surface area contributed by atoms with Gasteiger partial charge in [0.15, 0.2) is 0 Å². The van der Waals surface area contributed by atoms with Crippen molar-refractivity contribution in [1.82, 2.24) is 0 Å². The van der Waals surface area contributed by atoms with Gasteiger partial charge in [-0.1, -0.05) is 96.8 Å². The van der Waals surface area contributed by atoms with Crippen LogP contribution in [0.2, 0.25) is 0 Å². The highest BCUT2D eigenvalue weighted by Gasteiger charge is 2.11. The lowest BCUT2D eigenvalue weighted by Crippen LogP contribution is -3.12. The number of piperidine rings is 1. The van der Waals surface area contributed by atoms with E-state index in [4.69, 9.17) is 9.90 Å². The van der Waals surface area contributed by atoms with Crippen LogP contribution in [0.1, 0.15) is 136 Å². The third kappa shape index (κ3) is 23.5. The zero-order chi connectivity index (χ0) is 20.7. The Morgan fingerprint density at radius 2 is 0.964 bits per heavy atom. The van der Waals surface area contributed by atoms with Gasteiger partial charge in [-0.15, -0.1) is 0 Å². The molecule has 1 N–H and O–H groups in total. The Labute approximate surface area is 176 Å². The van der Waals surface area contributed by atoms with Crippen LogP contribution >= 0.6 is 0 Å². The third-order valence-corrected chi connectivity index (χ3v) is 5.94. The number of rotatable bonds is 17. The highest BCUT2D eigenvalue weighted by Crippen LogP contribution is 2.13. The molecule has 0 radical (unpaired) electrons.